The minimum Gasteiger partial charge on any atom is -0.310 e. The Morgan fingerprint density at radius 2 is 0.376 bits per heavy atom. The number of benzene rings is 20. The number of rotatable bonds is 19. The van der Waals surface area contributed by atoms with Gasteiger partial charge in [0, 0.05) is 188 Å². The third-order valence-corrected chi connectivity index (χ3v) is 30.5. The minimum absolute atomic E-state index is 0.141. The van der Waals surface area contributed by atoms with E-state index in [0.29, 0.717) is 0 Å². The summed E-state index contributed by atoms with van der Waals surface area (Å²) in [5, 5.41) is 10.2. The van der Waals surface area contributed by atoms with Gasteiger partial charge in [-0.25, -0.2) is 0 Å². The quantitative estimate of drug-likeness (QED) is 0.0798. The van der Waals surface area contributed by atoms with Crippen molar-refractivity contribution in [3.05, 3.63) is 496 Å². The zero-order chi connectivity index (χ0) is 88.5. The van der Waals surface area contributed by atoms with Gasteiger partial charge in [-0.1, -0.05) is 263 Å². The maximum atomic E-state index is 2.46. The summed E-state index contributed by atoms with van der Waals surface area (Å²) in [7, 11) is 0. The predicted octanol–water partition coefficient (Wildman–Crippen LogP) is 37.6. The van der Waals surface area contributed by atoms with Gasteiger partial charge in [-0.3, -0.25) is 0 Å². The Kier molecular flexibility index (Phi) is 20.7. The van der Waals surface area contributed by atoms with E-state index in [1.807, 2.05) is 45.3 Å². The van der Waals surface area contributed by atoms with E-state index in [1.54, 1.807) is 0 Å². The van der Waals surface area contributed by atoms with Gasteiger partial charge >= 0.3 is 0 Å². The molecule has 0 saturated heterocycles. The molecule has 4 heterocycles. The van der Waals surface area contributed by atoms with Gasteiger partial charge in [-0.15, -0.1) is 45.3 Å². The number of fused-ring (bicyclic) bond motifs is 15. The SMILES string of the molecule is CC1(C)c2ccccc2-c2ccc(N(c3cccc(N(c4ccccc4)c4ccc5c(c4)sc4ccc(N(c6ccccc6)c6ccc(-c7ccccc7)cc6)cc45)c3)c3ccc4c(c3)sc3ccccc34)cc21.c1ccc(N(c2ccccc2)c2cccc(N(c3ccccc3)c3ccc4c(c3)sc3ccc(N(c5ccccc5)c5ccc6sc7ccccc7c6c5)cc34)c2)cc1. The lowest BCUT2D eigenvalue weighted by atomic mass is 9.82. The fourth-order valence-electron chi connectivity index (χ4n) is 19.7. The normalized spacial score (nSPS) is 12.0. The largest absolute Gasteiger partial charge is 0.310 e. The Bertz CT molecular complexity index is 8410. The van der Waals surface area contributed by atoms with Gasteiger partial charge in [-0.05, 0) is 270 Å². The van der Waals surface area contributed by atoms with Crippen molar-refractivity contribution >= 4 is 228 Å². The Hall–Kier alpha value is -15.9. The molecule has 0 spiro atoms. The van der Waals surface area contributed by atoms with Crippen LogP contribution >= 0.6 is 45.3 Å². The molecule has 0 atom stereocenters. The summed E-state index contributed by atoms with van der Waals surface area (Å²) in [5.74, 6) is 0. The summed E-state index contributed by atoms with van der Waals surface area (Å²) >= 11 is 7.42. The highest BCUT2D eigenvalue weighted by molar-refractivity contribution is 7.27. The molecule has 20 aromatic carbocycles. The van der Waals surface area contributed by atoms with Gasteiger partial charge in [0.25, 0.3) is 0 Å². The predicted molar refractivity (Wildman–Crippen MR) is 576 cm³/mol. The van der Waals surface area contributed by atoms with Crippen LogP contribution in [-0.4, -0.2) is 0 Å². The van der Waals surface area contributed by atoms with Crippen LogP contribution in [-0.2, 0) is 5.41 Å². The van der Waals surface area contributed by atoms with Crippen LogP contribution in [0, 0.1) is 0 Å². The molecule has 0 saturated carbocycles. The van der Waals surface area contributed by atoms with E-state index in [4.69, 9.17) is 0 Å². The Labute approximate surface area is 789 Å². The van der Waals surface area contributed by atoms with Crippen molar-refractivity contribution in [2.45, 2.75) is 19.3 Å². The smallest absolute Gasteiger partial charge is 0.0482 e. The van der Waals surface area contributed by atoms with Gasteiger partial charge in [0.15, 0.2) is 0 Å². The molecule has 133 heavy (non-hydrogen) atoms. The van der Waals surface area contributed by atoms with E-state index >= 15 is 0 Å². The van der Waals surface area contributed by atoms with Gasteiger partial charge in [0.05, 0.1) is 0 Å². The maximum absolute atomic E-state index is 2.46. The summed E-state index contributed by atoms with van der Waals surface area (Å²) in [4.78, 5) is 14.3. The third-order valence-electron chi connectivity index (χ3n) is 26.0. The summed E-state index contributed by atoms with van der Waals surface area (Å²) in [5.41, 5.74) is 27.6. The van der Waals surface area contributed by atoms with E-state index in [-0.39, 0.29) is 5.41 Å². The van der Waals surface area contributed by atoms with E-state index in [1.165, 1.54) is 114 Å². The van der Waals surface area contributed by atoms with Crippen molar-refractivity contribution < 1.29 is 0 Å². The first-order valence-corrected chi connectivity index (χ1v) is 48.4. The summed E-state index contributed by atoms with van der Waals surface area (Å²) < 4.78 is 10.2. The number of nitrogens with zero attached hydrogens (tertiary/aromatic N) is 6. The Morgan fingerprint density at radius 1 is 0.143 bits per heavy atom. The fraction of sp³-hybridized carbons (Fsp3) is 0.0244. The lowest BCUT2D eigenvalue weighted by molar-refractivity contribution is 0.660. The molecule has 0 radical (unpaired) electrons. The second kappa shape index (κ2) is 34.2. The molecule has 4 aromatic heterocycles. The van der Waals surface area contributed by atoms with Crippen LogP contribution in [0.3, 0.4) is 0 Å². The maximum Gasteiger partial charge on any atom is 0.0482 e. The number of thiophene rings is 4. The molecule has 10 heteroatoms. The van der Waals surface area contributed by atoms with Gasteiger partial charge in [-0.2, -0.15) is 0 Å². The highest BCUT2D eigenvalue weighted by atomic mass is 32.1. The highest BCUT2D eigenvalue weighted by Crippen LogP contribution is 2.54. The van der Waals surface area contributed by atoms with Gasteiger partial charge in [0.1, 0.15) is 0 Å². The summed E-state index contributed by atoms with van der Waals surface area (Å²) in [6, 6.07) is 177. The number of hydrogen-bond acceptors (Lipinski definition) is 10. The molecule has 0 unspecified atom stereocenters. The van der Waals surface area contributed by atoms with E-state index in [2.05, 4.69) is 529 Å². The molecule has 0 N–H and O–H groups in total. The molecular formula is C123H86N6S4. The lowest BCUT2D eigenvalue weighted by Gasteiger charge is -2.30. The molecule has 1 aliphatic carbocycles. The van der Waals surface area contributed by atoms with Crippen LogP contribution in [0.15, 0.2) is 485 Å². The molecule has 632 valence electrons. The average molecular weight is 1780 g/mol. The third kappa shape index (κ3) is 14.9. The van der Waals surface area contributed by atoms with Gasteiger partial charge in [0.2, 0.25) is 0 Å². The first kappa shape index (κ1) is 80.4. The molecule has 0 aliphatic heterocycles. The zero-order valence-electron chi connectivity index (χ0n) is 73.0. The van der Waals surface area contributed by atoms with E-state index in [9.17, 15) is 0 Å². The molecular weight excluding hydrogens is 1690 g/mol. The first-order valence-electron chi connectivity index (χ1n) is 45.1. The summed E-state index contributed by atoms with van der Waals surface area (Å²) in [6.07, 6.45) is 0. The van der Waals surface area contributed by atoms with Crippen molar-refractivity contribution in [3.63, 3.8) is 0 Å². The second-order valence-corrected chi connectivity index (χ2v) is 38.7. The standard InChI is InChI=1S/C69H49N3S2.C54H37N3S2/c1-69(2)63-27-14-12-25-57(63)58-37-33-54(43-64(58)69)72(56-34-38-60-59-26-13-15-28-65(59)73-67(60)45-56)52-24-16-23-51(41-52)71(49-21-10-5-11-22-49)55-35-39-61-62-42-53(36-40-66(62)74-68(61)44-55)70(48-19-8-4-9-20-48)50-31-29-47(30-32-50)46-17-6-3-7-18-46;1-5-16-38(17-6-1)55(39-18-7-2-8-19-39)42-24-15-25-43(34-42)56(40-20-9-3-10-21-40)46-28-31-48-50-36-45(30-33-53(50)59-54(48)37-46)57(41-22-11-4-12-23-41)44-29-32-52-49(35-44)47-26-13-14-27-51(47)58-52/h3-45H,1-2H3;1-37H. The van der Waals surface area contributed by atoms with Crippen molar-refractivity contribution in [1.82, 2.24) is 0 Å². The molecule has 0 bridgehead atoms. The first-order chi connectivity index (χ1) is 65.7. The van der Waals surface area contributed by atoms with Crippen LogP contribution in [0.2, 0.25) is 0 Å². The number of para-hydroxylation sites is 6. The Morgan fingerprint density at radius 3 is 0.774 bits per heavy atom. The molecule has 0 fully saturated rings. The molecule has 24 aromatic rings. The van der Waals surface area contributed by atoms with Crippen molar-refractivity contribution in [3.8, 4) is 22.3 Å². The topological polar surface area (TPSA) is 19.4 Å². The molecule has 25 rings (SSSR count). The van der Waals surface area contributed by atoms with Crippen molar-refractivity contribution in [2.24, 2.45) is 0 Å². The number of anilines is 18. The summed E-state index contributed by atoms with van der Waals surface area (Å²) in [6.45, 7) is 4.73. The zero-order valence-corrected chi connectivity index (χ0v) is 76.3. The van der Waals surface area contributed by atoms with Crippen LogP contribution < -0.4 is 29.4 Å². The lowest BCUT2D eigenvalue weighted by Crippen LogP contribution is -2.17. The van der Waals surface area contributed by atoms with Crippen LogP contribution in [0.4, 0.5) is 102 Å². The van der Waals surface area contributed by atoms with E-state index < -0.39 is 0 Å². The van der Waals surface area contributed by atoms with E-state index in [0.717, 1.165) is 102 Å². The molecule has 1 aliphatic rings. The minimum atomic E-state index is -0.141. The molecule has 6 nitrogen and oxygen atoms in total. The van der Waals surface area contributed by atoms with Crippen LogP contribution in [0.5, 0.6) is 0 Å². The molecule has 0 amide bonds. The highest BCUT2D eigenvalue weighted by Gasteiger charge is 2.36. The number of hydrogen-bond donors (Lipinski definition) is 0. The van der Waals surface area contributed by atoms with Crippen molar-refractivity contribution in [2.75, 3.05) is 29.4 Å². The second-order valence-electron chi connectivity index (χ2n) is 34.4. The van der Waals surface area contributed by atoms with Crippen molar-refractivity contribution in [1.29, 1.82) is 0 Å². The average Bonchev–Trinajstić information content (AvgIpc) is 1.56. The fourth-order valence-corrected chi connectivity index (χ4v) is 24.2. The monoisotopic (exact) mass is 1770 g/mol. The Balaban J connectivity index is 0.000000150. The van der Waals surface area contributed by atoms with Gasteiger partial charge < -0.3 is 29.4 Å². The van der Waals surface area contributed by atoms with Crippen LogP contribution in [0.25, 0.3) is 103 Å². The van der Waals surface area contributed by atoms with Crippen LogP contribution in [0.1, 0.15) is 25.0 Å².